The van der Waals surface area contributed by atoms with E-state index in [0.29, 0.717) is 29.7 Å². The van der Waals surface area contributed by atoms with E-state index in [9.17, 15) is 9.59 Å². The van der Waals surface area contributed by atoms with Crippen molar-refractivity contribution in [2.24, 2.45) is 0 Å². The maximum Gasteiger partial charge on any atom is 0.407 e. The van der Waals surface area contributed by atoms with Crippen molar-refractivity contribution in [2.45, 2.75) is 52.2 Å². The van der Waals surface area contributed by atoms with Crippen molar-refractivity contribution in [1.82, 2.24) is 15.3 Å². The molecule has 0 fully saturated rings. The van der Waals surface area contributed by atoms with Gasteiger partial charge in [0.05, 0.1) is 19.9 Å². The molecule has 0 aliphatic heterocycles. The molecule has 1 aromatic heterocycles. The third-order valence-electron chi connectivity index (χ3n) is 5.50. The molecule has 208 valence electrons. The number of carbonyl (C=O) groups excluding carboxylic acids is 2. The standard InChI is InChI=1S/C29H37N5O5/c1-19(32-28(36)39-29(2,3)4)16-26(35)33-22-9-7-8-21(18-22)23-13-15-31-27(34-23)30-14-12-20-10-11-24(37-5)25(17-20)38-6/h7-11,13,15,17-19H,12,14,16H2,1-6H3,(H,32,36)(H,33,35)(H,30,31,34). The highest BCUT2D eigenvalue weighted by Crippen LogP contribution is 2.28. The Hall–Kier alpha value is -4.34. The minimum absolute atomic E-state index is 0.102. The second-order valence-electron chi connectivity index (χ2n) is 10.0. The Kier molecular flexibility index (Phi) is 10.1. The van der Waals surface area contributed by atoms with Gasteiger partial charge in [0, 0.05) is 36.5 Å². The highest BCUT2D eigenvalue weighted by atomic mass is 16.6. The molecule has 0 saturated carbocycles. The average molecular weight is 536 g/mol. The minimum atomic E-state index is -0.604. The Bertz CT molecular complexity index is 1270. The molecule has 0 saturated heterocycles. The Morgan fingerprint density at radius 3 is 2.49 bits per heavy atom. The van der Waals surface area contributed by atoms with E-state index in [2.05, 4.69) is 25.9 Å². The van der Waals surface area contributed by atoms with Crippen LogP contribution in [0.15, 0.2) is 54.7 Å². The summed E-state index contributed by atoms with van der Waals surface area (Å²) in [7, 11) is 3.23. The van der Waals surface area contributed by atoms with E-state index in [-0.39, 0.29) is 12.3 Å². The van der Waals surface area contributed by atoms with Crippen molar-refractivity contribution in [3.8, 4) is 22.8 Å². The Labute approximate surface area is 229 Å². The van der Waals surface area contributed by atoms with E-state index in [0.717, 1.165) is 23.2 Å². The van der Waals surface area contributed by atoms with Gasteiger partial charge in [-0.2, -0.15) is 0 Å². The fourth-order valence-electron chi connectivity index (χ4n) is 3.77. The topological polar surface area (TPSA) is 124 Å². The van der Waals surface area contributed by atoms with E-state index < -0.39 is 17.7 Å². The molecule has 0 aliphatic rings. The summed E-state index contributed by atoms with van der Waals surface area (Å²) in [5.74, 6) is 1.66. The first-order valence-corrected chi connectivity index (χ1v) is 12.7. The highest BCUT2D eigenvalue weighted by molar-refractivity contribution is 5.92. The second-order valence-corrected chi connectivity index (χ2v) is 10.0. The van der Waals surface area contributed by atoms with E-state index in [1.54, 1.807) is 54.2 Å². The second kappa shape index (κ2) is 13.5. The number of amides is 2. The fraction of sp³-hybridized carbons (Fsp3) is 0.379. The molecule has 0 bridgehead atoms. The van der Waals surface area contributed by atoms with Crippen LogP contribution in [-0.2, 0) is 16.0 Å². The number of ether oxygens (including phenoxy) is 3. The Morgan fingerprint density at radius 2 is 1.77 bits per heavy atom. The van der Waals surface area contributed by atoms with Crippen molar-refractivity contribution in [3.05, 3.63) is 60.3 Å². The molecular weight excluding hydrogens is 498 g/mol. The highest BCUT2D eigenvalue weighted by Gasteiger charge is 2.19. The number of hydrogen-bond acceptors (Lipinski definition) is 8. The van der Waals surface area contributed by atoms with Crippen molar-refractivity contribution in [2.75, 3.05) is 31.4 Å². The molecule has 0 spiro atoms. The largest absolute Gasteiger partial charge is 0.493 e. The van der Waals surface area contributed by atoms with Gasteiger partial charge in [-0.3, -0.25) is 4.79 Å². The smallest absolute Gasteiger partial charge is 0.407 e. The van der Waals surface area contributed by atoms with Crippen LogP contribution < -0.4 is 25.4 Å². The summed E-state index contributed by atoms with van der Waals surface area (Å²) >= 11 is 0. The summed E-state index contributed by atoms with van der Waals surface area (Å²) in [6, 6.07) is 14.7. The number of nitrogens with zero attached hydrogens (tertiary/aromatic N) is 2. The molecule has 2 aromatic carbocycles. The van der Waals surface area contributed by atoms with Crippen LogP contribution in [0.5, 0.6) is 11.5 Å². The third-order valence-corrected chi connectivity index (χ3v) is 5.50. The van der Waals surface area contributed by atoms with Crippen molar-refractivity contribution < 1.29 is 23.8 Å². The lowest BCUT2D eigenvalue weighted by Crippen LogP contribution is -2.39. The first kappa shape index (κ1) is 29.2. The SMILES string of the molecule is COc1ccc(CCNc2nccc(-c3cccc(NC(=O)CC(C)NC(=O)OC(C)(C)C)c3)n2)cc1OC. The van der Waals surface area contributed by atoms with Gasteiger partial charge in [0.25, 0.3) is 0 Å². The average Bonchev–Trinajstić information content (AvgIpc) is 2.87. The molecule has 0 aliphatic carbocycles. The molecule has 10 nitrogen and oxygen atoms in total. The zero-order valence-electron chi connectivity index (χ0n) is 23.3. The van der Waals surface area contributed by atoms with Crippen molar-refractivity contribution in [3.63, 3.8) is 0 Å². The molecule has 0 radical (unpaired) electrons. The predicted molar refractivity (Wildman–Crippen MR) is 151 cm³/mol. The maximum absolute atomic E-state index is 12.5. The first-order chi connectivity index (χ1) is 18.6. The molecular formula is C29H37N5O5. The number of rotatable bonds is 11. The molecule has 1 heterocycles. The lowest BCUT2D eigenvalue weighted by atomic mass is 10.1. The summed E-state index contributed by atoms with van der Waals surface area (Å²) < 4.78 is 15.9. The maximum atomic E-state index is 12.5. The van der Waals surface area contributed by atoms with Crippen molar-refractivity contribution in [1.29, 1.82) is 0 Å². The summed E-state index contributed by atoms with van der Waals surface area (Å²) in [6.45, 7) is 7.74. The number of anilines is 2. The zero-order chi connectivity index (χ0) is 28.4. The number of carbonyl (C=O) groups is 2. The summed E-state index contributed by atoms with van der Waals surface area (Å²) in [6.07, 6.45) is 1.99. The van der Waals surface area contributed by atoms with Crippen LogP contribution in [0.2, 0.25) is 0 Å². The van der Waals surface area contributed by atoms with Crippen LogP contribution in [-0.4, -0.2) is 54.4 Å². The lowest BCUT2D eigenvalue weighted by Gasteiger charge is -2.21. The molecule has 1 unspecified atom stereocenters. The van der Waals surface area contributed by atoms with Crippen LogP contribution >= 0.6 is 0 Å². The van der Waals surface area contributed by atoms with Crippen LogP contribution in [0.4, 0.5) is 16.4 Å². The van der Waals surface area contributed by atoms with Gasteiger partial charge in [-0.05, 0) is 70.0 Å². The third kappa shape index (κ3) is 9.48. The van der Waals surface area contributed by atoms with E-state index >= 15 is 0 Å². The van der Waals surface area contributed by atoms with Crippen LogP contribution in [0.1, 0.15) is 39.7 Å². The number of methoxy groups -OCH3 is 2. The van der Waals surface area contributed by atoms with Gasteiger partial charge in [-0.15, -0.1) is 0 Å². The Morgan fingerprint density at radius 1 is 1.00 bits per heavy atom. The summed E-state index contributed by atoms with van der Waals surface area (Å²) in [5.41, 5.74) is 2.67. The number of alkyl carbamates (subject to hydrolysis) is 1. The zero-order valence-corrected chi connectivity index (χ0v) is 23.3. The van der Waals surface area contributed by atoms with Gasteiger partial charge in [-0.1, -0.05) is 18.2 Å². The predicted octanol–water partition coefficient (Wildman–Crippen LogP) is 5.06. The van der Waals surface area contributed by atoms with Crippen LogP contribution in [0.25, 0.3) is 11.3 Å². The quantitative estimate of drug-likeness (QED) is 0.311. The number of nitrogens with one attached hydrogen (secondary N) is 3. The summed E-state index contributed by atoms with van der Waals surface area (Å²) in [5, 5.41) is 8.82. The molecule has 2 amide bonds. The minimum Gasteiger partial charge on any atom is -0.493 e. The van der Waals surface area contributed by atoms with Gasteiger partial charge in [-0.25, -0.2) is 14.8 Å². The number of benzene rings is 2. The monoisotopic (exact) mass is 535 g/mol. The van der Waals surface area contributed by atoms with Gasteiger partial charge in [0.15, 0.2) is 11.5 Å². The molecule has 10 heteroatoms. The Balaban J connectivity index is 1.56. The molecule has 3 rings (SSSR count). The summed E-state index contributed by atoms with van der Waals surface area (Å²) in [4.78, 5) is 33.4. The number of aromatic nitrogens is 2. The van der Waals surface area contributed by atoms with E-state index in [1.165, 1.54) is 0 Å². The van der Waals surface area contributed by atoms with E-state index in [1.807, 2.05) is 42.5 Å². The van der Waals surface area contributed by atoms with Crippen molar-refractivity contribution >= 4 is 23.6 Å². The molecule has 3 N–H and O–H groups in total. The fourth-order valence-corrected chi connectivity index (χ4v) is 3.77. The first-order valence-electron chi connectivity index (χ1n) is 12.7. The molecule has 1 atom stereocenters. The molecule has 39 heavy (non-hydrogen) atoms. The normalized spacial score (nSPS) is 11.7. The number of hydrogen-bond donors (Lipinski definition) is 3. The van der Waals surface area contributed by atoms with Crippen LogP contribution in [0.3, 0.4) is 0 Å². The van der Waals surface area contributed by atoms with E-state index in [4.69, 9.17) is 14.2 Å². The van der Waals surface area contributed by atoms with Gasteiger partial charge >= 0.3 is 6.09 Å². The van der Waals surface area contributed by atoms with Crippen LogP contribution in [0, 0.1) is 0 Å². The molecule has 3 aromatic rings. The lowest BCUT2D eigenvalue weighted by molar-refractivity contribution is -0.116. The van der Waals surface area contributed by atoms with Gasteiger partial charge < -0.3 is 30.2 Å². The van der Waals surface area contributed by atoms with Gasteiger partial charge in [0.2, 0.25) is 11.9 Å². The van der Waals surface area contributed by atoms with Gasteiger partial charge in [0.1, 0.15) is 5.60 Å².